The Morgan fingerprint density at radius 1 is 1.03 bits per heavy atom. The summed E-state index contributed by atoms with van der Waals surface area (Å²) in [4.78, 5) is 29.6. The number of fused-ring (bicyclic) bond motifs is 1. The lowest BCUT2D eigenvalue weighted by molar-refractivity contribution is -0.118. The number of pyridine rings is 1. The van der Waals surface area contributed by atoms with Crippen LogP contribution in [0.1, 0.15) is 37.2 Å². The molecule has 2 aromatic carbocycles. The Bertz CT molecular complexity index is 1240. The predicted octanol–water partition coefficient (Wildman–Crippen LogP) is 4.31. The van der Waals surface area contributed by atoms with Crippen LogP contribution in [0.5, 0.6) is 11.5 Å². The molecule has 0 unspecified atom stereocenters. The van der Waals surface area contributed by atoms with Gasteiger partial charge < -0.3 is 20.1 Å². The number of rotatable bonds is 5. The molecule has 1 aliphatic carbocycles. The summed E-state index contributed by atoms with van der Waals surface area (Å²) in [6.07, 6.45) is 3.27. The zero-order chi connectivity index (χ0) is 22.3. The summed E-state index contributed by atoms with van der Waals surface area (Å²) in [7, 11) is 1.61. The molecule has 3 aromatic rings. The van der Waals surface area contributed by atoms with Crippen LogP contribution in [-0.4, -0.2) is 30.6 Å². The molecule has 0 spiro atoms. The van der Waals surface area contributed by atoms with Crippen molar-refractivity contribution in [3.63, 3.8) is 0 Å². The van der Waals surface area contributed by atoms with E-state index in [0.717, 1.165) is 35.1 Å². The highest BCUT2D eigenvalue weighted by Crippen LogP contribution is 2.51. The number of nitrogens with zero attached hydrogens (tertiary/aromatic N) is 1. The first kappa shape index (κ1) is 20.1. The molecule has 2 aliphatic rings. The Balaban J connectivity index is 0.00000162. The van der Waals surface area contributed by atoms with E-state index in [0.29, 0.717) is 22.9 Å². The largest absolute Gasteiger partial charge is 0.454 e. The summed E-state index contributed by atoms with van der Waals surface area (Å²) < 4.78 is 10.9. The highest BCUT2D eigenvalue weighted by atomic mass is 16.7. The molecule has 7 heteroatoms. The van der Waals surface area contributed by atoms with E-state index in [4.69, 9.17) is 9.47 Å². The second kappa shape index (κ2) is 7.67. The van der Waals surface area contributed by atoms with Crippen LogP contribution in [0, 0.1) is 6.92 Å². The van der Waals surface area contributed by atoms with E-state index in [1.165, 1.54) is 0 Å². The third kappa shape index (κ3) is 3.45. The van der Waals surface area contributed by atoms with E-state index in [1.807, 2.05) is 49.4 Å². The third-order valence-electron chi connectivity index (χ3n) is 6.11. The molecule has 0 bridgehead atoms. The van der Waals surface area contributed by atoms with Crippen molar-refractivity contribution < 1.29 is 21.9 Å². The second-order valence-electron chi connectivity index (χ2n) is 8.15. The van der Waals surface area contributed by atoms with Gasteiger partial charge in [0.25, 0.3) is 5.91 Å². The maximum Gasteiger partial charge on any atom is 0.251 e. The van der Waals surface area contributed by atoms with Gasteiger partial charge >= 0.3 is 0 Å². The summed E-state index contributed by atoms with van der Waals surface area (Å²) in [6.45, 7) is 2.12. The van der Waals surface area contributed by atoms with E-state index in [9.17, 15) is 9.59 Å². The van der Waals surface area contributed by atoms with Gasteiger partial charge in [-0.15, -0.1) is 0 Å². The van der Waals surface area contributed by atoms with Crippen molar-refractivity contribution in [2.45, 2.75) is 25.2 Å². The van der Waals surface area contributed by atoms with Gasteiger partial charge in [0.05, 0.1) is 5.41 Å². The number of amides is 2. The number of nitrogens with one attached hydrogen (secondary N) is 2. The van der Waals surface area contributed by atoms with E-state index < -0.39 is 5.41 Å². The van der Waals surface area contributed by atoms with Crippen molar-refractivity contribution in [2.24, 2.45) is 0 Å². The number of benzene rings is 2. The maximum absolute atomic E-state index is 13.2. The highest BCUT2D eigenvalue weighted by molar-refractivity contribution is 6.01. The van der Waals surface area contributed by atoms with Gasteiger partial charge in [0, 0.05) is 27.2 Å². The topological polar surface area (TPSA) is 89.6 Å². The van der Waals surface area contributed by atoms with Gasteiger partial charge in [-0.1, -0.05) is 18.2 Å². The van der Waals surface area contributed by atoms with Crippen molar-refractivity contribution in [1.82, 2.24) is 10.3 Å². The fourth-order valence-electron chi connectivity index (χ4n) is 4.04. The Kier molecular flexibility index (Phi) is 4.81. The Morgan fingerprint density at radius 2 is 1.84 bits per heavy atom. The van der Waals surface area contributed by atoms with Crippen LogP contribution < -0.4 is 20.1 Å². The Labute approximate surface area is 188 Å². The first-order valence-corrected chi connectivity index (χ1v) is 10.5. The molecule has 5 rings (SSSR count). The lowest BCUT2D eigenvalue weighted by Gasteiger charge is -2.17. The number of carbonyl (C=O) groups is 2. The predicted molar refractivity (Wildman–Crippen MR) is 124 cm³/mol. The lowest BCUT2D eigenvalue weighted by Crippen LogP contribution is -2.28. The Morgan fingerprint density at radius 3 is 2.59 bits per heavy atom. The van der Waals surface area contributed by atoms with Crippen LogP contribution in [0.2, 0.25) is 0 Å². The number of anilines is 1. The number of aryl methyl sites for hydroxylation is 1. The maximum atomic E-state index is 13.2. The first-order valence-electron chi connectivity index (χ1n) is 10.5. The lowest BCUT2D eigenvalue weighted by atomic mass is 9.94. The minimum atomic E-state index is -0.560. The van der Waals surface area contributed by atoms with Crippen molar-refractivity contribution in [1.29, 1.82) is 0 Å². The van der Waals surface area contributed by atoms with Crippen LogP contribution in [-0.2, 0) is 10.2 Å². The van der Waals surface area contributed by atoms with Crippen LogP contribution in [0.25, 0.3) is 11.1 Å². The monoisotopic (exact) mass is 433 g/mol. The normalized spacial score (nSPS) is 15.2. The molecule has 0 atom stereocenters. The summed E-state index contributed by atoms with van der Waals surface area (Å²) >= 11 is 0. The average molecular weight is 434 g/mol. The van der Waals surface area contributed by atoms with Gasteiger partial charge in [0.1, 0.15) is 5.82 Å². The molecule has 0 saturated heterocycles. The number of aromatic nitrogens is 1. The molecule has 1 fully saturated rings. The van der Waals surface area contributed by atoms with E-state index in [-0.39, 0.29) is 21.5 Å². The van der Waals surface area contributed by atoms with Crippen LogP contribution in [0.4, 0.5) is 5.82 Å². The average Bonchev–Trinajstić information content (AvgIpc) is 3.50. The molecule has 0 radical (unpaired) electrons. The van der Waals surface area contributed by atoms with E-state index in [2.05, 4.69) is 15.6 Å². The summed E-state index contributed by atoms with van der Waals surface area (Å²) in [5.41, 5.74) is 3.57. The number of hydrogen-bond acceptors (Lipinski definition) is 5. The minimum absolute atomic E-state index is 0. The zero-order valence-electron chi connectivity index (χ0n) is 17.9. The zero-order valence-corrected chi connectivity index (χ0v) is 17.9. The molecule has 32 heavy (non-hydrogen) atoms. The molecular formula is C25H27N3O4. The fourth-order valence-corrected chi connectivity index (χ4v) is 4.04. The van der Waals surface area contributed by atoms with Crippen LogP contribution in [0.3, 0.4) is 0 Å². The number of carbonyl (C=O) groups excluding carboxylic acids is 2. The molecule has 2 N–H and O–H groups in total. The van der Waals surface area contributed by atoms with Gasteiger partial charge in [-0.05, 0) is 66.8 Å². The van der Waals surface area contributed by atoms with Gasteiger partial charge in [-0.3, -0.25) is 9.59 Å². The van der Waals surface area contributed by atoms with Crippen LogP contribution in [0.15, 0.2) is 54.7 Å². The van der Waals surface area contributed by atoms with E-state index in [1.54, 1.807) is 19.3 Å². The molecule has 1 saturated carbocycles. The highest BCUT2D eigenvalue weighted by Gasteiger charge is 2.51. The van der Waals surface area contributed by atoms with Gasteiger partial charge in [-0.2, -0.15) is 0 Å². The SMILES string of the molecule is CNC(=O)c1cccc(-c2cnc(NC(=O)C3(c4ccc5c(c4)OCO5)CC3)c(C)c2)c1.[HH].[HH]. The van der Waals surface area contributed by atoms with Crippen molar-refractivity contribution in [2.75, 3.05) is 19.2 Å². The third-order valence-corrected chi connectivity index (χ3v) is 6.11. The quantitative estimate of drug-likeness (QED) is 0.626. The van der Waals surface area contributed by atoms with Gasteiger partial charge in [0.2, 0.25) is 12.7 Å². The molecule has 2 heterocycles. The molecule has 1 aliphatic heterocycles. The molecule has 1 aromatic heterocycles. The van der Waals surface area contributed by atoms with Crippen molar-refractivity contribution >= 4 is 17.6 Å². The minimum Gasteiger partial charge on any atom is -0.454 e. The summed E-state index contributed by atoms with van der Waals surface area (Å²) in [6, 6.07) is 15.0. The fraction of sp³-hybridized carbons (Fsp3) is 0.240. The second-order valence-corrected chi connectivity index (χ2v) is 8.15. The molecule has 7 nitrogen and oxygen atoms in total. The van der Waals surface area contributed by atoms with Gasteiger partial charge in [-0.25, -0.2) is 4.98 Å². The molecule has 166 valence electrons. The standard InChI is InChI=1S/C25H23N3O4.2H2/c1-15-10-18(16-4-3-5-17(11-16)23(29)26-2)13-27-22(15)28-24(30)25(8-9-25)19-6-7-20-21(12-19)32-14-31-20;;/h3-7,10-13H,8-9,14H2,1-2H3,(H,26,29)(H,27,28,30);2*1H. The first-order chi connectivity index (χ1) is 15.5. The number of hydrogen-bond donors (Lipinski definition) is 2. The molecule has 2 amide bonds. The smallest absolute Gasteiger partial charge is 0.251 e. The van der Waals surface area contributed by atoms with E-state index >= 15 is 0 Å². The summed E-state index contributed by atoms with van der Waals surface area (Å²) in [5, 5.41) is 5.64. The summed E-state index contributed by atoms with van der Waals surface area (Å²) in [5.74, 6) is 1.71. The van der Waals surface area contributed by atoms with Crippen molar-refractivity contribution in [3.8, 4) is 22.6 Å². The van der Waals surface area contributed by atoms with Crippen LogP contribution >= 0.6 is 0 Å². The molecular weight excluding hydrogens is 406 g/mol. The Hall–Kier alpha value is -3.87. The van der Waals surface area contributed by atoms with Gasteiger partial charge in [0.15, 0.2) is 11.5 Å². The van der Waals surface area contributed by atoms with Crippen molar-refractivity contribution in [3.05, 3.63) is 71.4 Å². The number of ether oxygens (including phenoxy) is 2.